The summed E-state index contributed by atoms with van der Waals surface area (Å²) in [6.45, 7) is 10.5. The van der Waals surface area contributed by atoms with Crippen LogP contribution < -0.4 is 5.32 Å². The van der Waals surface area contributed by atoms with Crippen molar-refractivity contribution in [3.63, 3.8) is 0 Å². The first-order chi connectivity index (χ1) is 9.19. The number of hydrogen-bond acceptors (Lipinski definition) is 1. The summed E-state index contributed by atoms with van der Waals surface area (Å²) in [5.41, 5.74) is 0. The molecule has 114 valence electrons. The SMILES string of the molecule is CCCCCCC(NCC)C1CCC(C(C)C)CC1. The fraction of sp³-hybridized carbons (Fsp3) is 1.00. The van der Waals surface area contributed by atoms with Gasteiger partial charge in [-0.05, 0) is 56.4 Å². The highest BCUT2D eigenvalue weighted by molar-refractivity contribution is 4.82. The summed E-state index contributed by atoms with van der Waals surface area (Å²) < 4.78 is 0. The number of nitrogens with one attached hydrogen (secondary N) is 1. The second kappa shape index (κ2) is 9.80. The van der Waals surface area contributed by atoms with Gasteiger partial charge in [-0.15, -0.1) is 0 Å². The van der Waals surface area contributed by atoms with Gasteiger partial charge >= 0.3 is 0 Å². The smallest absolute Gasteiger partial charge is 0.00952 e. The number of rotatable bonds is 9. The molecule has 0 bridgehead atoms. The van der Waals surface area contributed by atoms with Gasteiger partial charge < -0.3 is 5.32 Å². The summed E-state index contributed by atoms with van der Waals surface area (Å²) in [4.78, 5) is 0. The van der Waals surface area contributed by atoms with Crippen LogP contribution in [0, 0.1) is 17.8 Å². The summed E-state index contributed by atoms with van der Waals surface area (Å²) in [6.07, 6.45) is 12.9. The van der Waals surface area contributed by atoms with Gasteiger partial charge in [0.25, 0.3) is 0 Å². The van der Waals surface area contributed by atoms with Gasteiger partial charge in [0.2, 0.25) is 0 Å². The molecule has 1 aliphatic rings. The molecule has 1 fully saturated rings. The molecule has 1 atom stereocenters. The Bertz CT molecular complexity index is 204. The average Bonchev–Trinajstić information content (AvgIpc) is 2.42. The molecule has 1 heteroatoms. The maximum Gasteiger partial charge on any atom is 0.00952 e. The van der Waals surface area contributed by atoms with Crippen molar-refractivity contribution in [3.05, 3.63) is 0 Å². The van der Waals surface area contributed by atoms with Crippen LogP contribution in [0.4, 0.5) is 0 Å². The topological polar surface area (TPSA) is 12.0 Å². The van der Waals surface area contributed by atoms with E-state index in [1.54, 1.807) is 0 Å². The van der Waals surface area contributed by atoms with Gasteiger partial charge in [0, 0.05) is 6.04 Å². The largest absolute Gasteiger partial charge is 0.314 e. The summed E-state index contributed by atoms with van der Waals surface area (Å²) in [5, 5.41) is 3.77. The van der Waals surface area contributed by atoms with Gasteiger partial charge in [0.1, 0.15) is 0 Å². The first-order valence-corrected chi connectivity index (χ1v) is 8.92. The van der Waals surface area contributed by atoms with Crippen molar-refractivity contribution in [1.29, 1.82) is 0 Å². The average molecular weight is 268 g/mol. The first kappa shape index (κ1) is 17.0. The number of hydrogen-bond donors (Lipinski definition) is 1. The molecule has 1 nitrogen and oxygen atoms in total. The fourth-order valence-electron chi connectivity index (χ4n) is 3.77. The molecule has 0 aromatic carbocycles. The third kappa shape index (κ3) is 6.29. The summed E-state index contributed by atoms with van der Waals surface area (Å²) >= 11 is 0. The van der Waals surface area contributed by atoms with Gasteiger partial charge in [0.15, 0.2) is 0 Å². The standard InChI is InChI=1S/C18H37N/c1-5-7-8-9-10-18(19-6-2)17-13-11-16(12-14-17)15(3)4/h15-19H,5-14H2,1-4H3. The molecule has 0 heterocycles. The first-order valence-electron chi connectivity index (χ1n) is 8.92. The van der Waals surface area contributed by atoms with E-state index in [1.807, 2.05) is 0 Å². The van der Waals surface area contributed by atoms with E-state index in [1.165, 1.54) is 57.8 Å². The monoisotopic (exact) mass is 267 g/mol. The molecule has 1 rings (SSSR count). The Labute approximate surface area is 121 Å². The van der Waals surface area contributed by atoms with Crippen LogP contribution in [-0.2, 0) is 0 Å². The minimum Gasteiger partial charge on any atom is -0.314 e. The molecule has 0 aromatic heterocycles. The van der Waals surface area contributed by atoms with E-state index in [4.69, 9.17) is 0 Å². The Kier molecular flexibility index (Phi) is 8.77. The van der Waals surface area contributed by atoms with Crippen molar-refractivity contribution in [2.45, 2.75) is 91.5 Å². The highest BCUT2D eigenvalue weighted by Crippen LogP contribution is 2.35. The highest BCUT2D eigenvalue weighted by atomic mass is 14.9. The van der Waals surface area contributed by atoms with Crippen molar-refractivity contribution in [2.75, 3.05) is 6.54 Å². The van der Waals surface area contributed by atoms with E-state index in [0.717, 1.165) is 30.3 Å². The molecular weight excluding hydrogens is 230 g/mol. The molecule has 0 aliphatic heterocycles. The van der Waals surface area contributed by atoms with Crippen molar-refractivity contribution >= 4 is 0 Å². The molecule has 0 spiro atoms. The Morgan fingerprint density at radius 2 is 1.53 bits per heavy atom. The lowest BCUT2D eigenvalue weighted by Gasteiger charge is -2.36. The lowest BCUT2D eigenvalue weighted by Crippen LogP contribution is -2.38. The molecule has 1 N–H and O–H groups in total. The second-order valence-electron chi connectivity index (χ2n) is 6.93. The molecule has 1 saturated carbocycles. The van der Waals surface area contributed by atoms with Gasteiger partial charge in [-0.2, -0.15) is 0 Å². The zero-order chi connectivity index (χ0) is 14.1. The lowest BCUT2D eigenvalue weighted by atomic mass is 9.74. The summed E-state index contributed by atoms with van der Waals surface area (Å²) in [6, 6.07) is 0.801. The molecule has 0 saturated heterocycles. The summed E-state index contributed by atoms with van der Waals surface area (Å²) in [5.74, 6) is 2.85. The minimum atomic E-state index is 0.801. The van der Waals surface area contributed by atoms with E-state index in [9.17, 15) is 0 Å². The zero-order valence-electron chi connectivity index (χ0n) is 13.9. The second-order valence-corrected chi connectivity index (χ2v) is 6.93. The number of unbranched alkanes of at least 4 members (excludes halogenated alkanes) is 3. The maximum atomic E-state index is 3.77. The molecule has 1 aliphatic carbocycles. The van der Waals surface area contributed by atoms with Gasteiger partial charge in [-0.1, -0.05) is 53.4 Å². The van der Waals surface area contributed by atoms with Crippen LogP contribution in [0.1, 0.15) is 85.5 Å². The predicted molar refractivity (Wildman–Crippen MR) is 86.5 cm³/mol. The van der Waals surface area contributed by atoms with E-state index >= 15 is 0 Å². The lowest BCUT2D eigenvalue weighted by molar-refractivity contribution is 0.183. The molecule has 19 heavy (non-hydrogen) atoms. The Balaban J connectivity index is 2.31. The van der Waals surface area contributed by atoms with E-state index in [0.29, 0.717) is 0 Å². The van der Waals surface area contributed by atoms with Crippen molar-refractivity contribution in [3.8, 4) is 0 Å². The molecule has 0 aromatic rings. The van der Waals surface area contributed by atoms with E-state index in [-0.39, 0.29) is 0 Å². The van der Waals surface area contributed by atoms with Crippen LogP contribution in [0.2, 0.25) is 0 Å². The van der Waals surface area contributed by atoms with Crippen LogP contribution >= 0.6 is 0 Å². The molecule has 0 radical (unpaired) electrons. The van der Waals surface area contributed by atoms with Crippen LogP contribution in [0.5, 0.6) is 0 Å². The molecule has 0 amide bonds. The van der Waals surface area contributed by atoms with Crippen LogP contribution in [0.15, 0.2) is 0 Å². The van der Waals surface area contributed by atoms with Crippen LogP contribution in [0.25, 0.3) is 0 Å². The Morgan fingerprint density at radius 3 is 2.05 bits per heavy atom. The van der Waals surface area contributed by atoms with Gasteiger partial charge in [-0.3, -0.25) is 0 Å². The summed E-state index contributed by atoms with van der Waals surface area (Å²) in [7, 11) is 0. The highest BCUT2D eigenvalue weighted by Gasteiger charge is 2.27. The van der Waals surface area contributed by atoms with Crippen molar-refractivity contribution < 1.29 is 0 Å². The van der Waals surface area contributed by atoms with Crippen LogP contribution in [0.3, 0.4) is 0 Å². The Hall–Kier alpha value is -0.0400. The predicted octanol–water partition coefficient (Wildman–Crippen LogP) is 5.40. The Morgan fingerprint density at radius 1 is 0.895 bits per heavy atom. The fourth-order valence-corrected chi connectivity index (χ4v) is 3.77. The molecule has 1 unspecified atom stereocenters. The van der Waals surface area contributed by atoms with Crippen LogP contribution in [-0.4, -0.2) is 12.6 Å². The zero-order valence-corrected chi connectivity index (χ0v) is 13.9. The van der Waals surface area contributed by atoms with Crippen molar-refractivity contribution in [1.82, 2.24) is 5.32 Å². The quantitative estimate of drug-likeness (QED) is 0.552. The van der Waals surface area contributed by atoms with E-state index < -0.39 is 0 Å². The minimum absolute atomic E-state index is 0.801. The molecular formula is C18H37N. The third-order valence-electron chi connectivity index (χ3n) is 5.16. The van der Waals surface area contributed by atoms with Crippen molar-refractivity contribution in [2.24, 2.45) is 17.8 Å². The third-order valence-corrected chi connectivity index (χ3v) is 5.16. The maximum absolute atomic E-state index is 3.77. The van der Waals surface area contributed by atoms with Gasteiger partial charge in [0.05, 0.1) is 0 Å². The van der Waals surface area contributed by atoms with Gasteiger partial charge in [-0.25, -0.2) is 0 Å². The van der Waals surface area contributed by atoms with E-state index in [2.05, 4.69) is 33.0 Å². The normalized spacial score (nSPS) is 25.7.